The lowest BCUT2D eigenvalue weighted by molar-refractivity contribution is -0.134. The van der Waals surface area contributed by atoms with E-state index in [1.54, 1.807) is 7.11 Å². The van der Waals surface area contributed by atoms with E-state index in [9.17, 15) is 4.79 Å². The van der Waals surface area contributed by atoms with Gasteiger partial charge in [0, 0.05) is 47.7 Å². The van der Waals surface area contributed by atoms with Gasteiger partial charge < -0.3 is 15.0 Å². The Kier molecular flexibility index (Phi) is 5.51. The lowest BCUT2D eigenvalue weighted by atomic mass is 10.0. The maximum Gasteiger partial charge on any atom is 0.225 e. The monoisotopic (exact) mass is 379 g/mol. The number of methoxy groups -OCH3 is 1. The van der Waals surface area contributed by atoms with Crippen LogP contribution in [0.1, 0.15) is 49.4 Å². The minimum atomic E-state index is 0.261. The van der Waals surface area contributed by atoms with Gasteiger partial charge in [-0.25, -0.2) is 0 Å². The molecule has 1 unspecified atom stereocenters. The summed E-state index contributed by atoms with van der Waals surface area (Å²) in [5.41, 5.74) is 4.13. The predicted octanol–water partition coefficient (Wildman–Crippen LogP) is 4.65. The van der Waals surface area contributed by atoms with E-state index in [-0.39, 0.29) is 5.92 Å². The third-order valence-electron chi connectivity index (χ3n) is 5.97. The molecular formula is C23H29N3O2. The molecule has 1 aliphatic carbocycles. The van der Waals surface area contributed by atoms with Crippen molar-refractivity contribution in [2.45, 2.75) is 44.9 Å². The van der Waals surface area contributed by atoms with Crippen molar-refractivity contribution in [3.8, 4) is 5.75 Å². The summed E-state index contributed by atoms with van der Waals surface area (Å²) in [5.74, 6) is 1.79. The third-order valence-corrected chi connectivity index (χ3v) is 5.97. The average molecular weight is 380 g/mol. The fraction of sp³-hybridized carbons (Fsp3) is 0.478. The highest BCUT2D eigenvalue weighted by Crippen LogP contribution is 2.33. The van der Waals surface area contributed by atoms with E-state index in [1.165, 1.54) is 12.8 Å². The van der Waals surface area contributed by atoms with Crippen LogP contribution >= 0.6 is 0 Å². The molecule has 5 heteroatoms. The first-order valence-corrected chi connectivity index (χ1v) is 10.3. The molecule has 1 amide bonds. The highest BCUT2D eigenvalue weighted by atomic mass is 16.5. The molecule has 2 heterocycles. The van der Waals surface area contributed by atoms with Crippen LogP contribution in [0.25, 0.3) is 0 Å². The summed E-state index contributed by atoms with van der Waals surface area (Å²) in [6, 6.07) is 12.1. The molecule has 5 nitrogen and oxygen atoms in total. The molecule has 2 fully saturated rings. The van der Waals surface area contributed by atoms with E-state index in [4.69, 9.17) is 9.72 Å². The van der Waals surface area contributed by atoms with Crippen LogP contribution < -0.4 is 10.1 Å². The number of hydrogen-bond acceptors (Lipinski definition) is 4. The van der Waals surface area contributed by atoms with Gasteiger partial charge in [0.05, 0.1) is 7.11 Å². The van der Waals surface area contributed by atoms with E-state index in [2.05, 4.69) is 22.3 Å². The van der Waals surface area contributed by atoms with Crippen molar-refractivity contribution in [3.63, 3.8) is 0 Å². The van der Waals surface area contributed by atoms with Crippen LogP contribution in [0, 0.1) is 12.8 Å². The van der Waals surface area contributed by atoms with E-state index in [1.807, 2.05) is 31.2 Å². The summed E-state index contributed by atoms with van der Waals surface area (Å²) in [6.07, 6.45) is 5.54. The van der Waals surface area contributed by atoms with Gasteiger partial charge in [-0.3, -0.25) is 9.78 Å². The normalized spacial score (nSPS) is 19.8. The molecule has 1 atom stereocenters. The van der Waals surface area contributed by atoms with Gasteiger partial charge in [0.2, 0.25) is 5.91 Å². The topological polar surface area (TPSA) is 54.5 Å². The van der Waals surface area contributed by atoms with Crippen LogP contribution in [0.4, 0.5) is 11.4 Å². The Hall–Kier alpha value is -2.56. The molecule has 0 bridgehead atoms. The molecule has 0 spiro atoms. The van der Waals surface area contributed by atoms with Crippen LogP contribution in [0.2, 0.25) is 0 Å². The average Bonchev–Trinajstić information content (AvgIpc) is 3.40. The van der Waals surface area contributed by atoms with Crippen molar-refractivity contribution in [1.29, 1.82) is 0 Å². The summed E-state index contributed by atoms with van der Waals surface area (Å²) in [5, 5.41) is 3.46. The largest absolute Gasteiger partial charge is 0.497 e. The van der Waals surface area contributed by atoms with Gasteiger partial charge in [0.1, 0.15) is 5.75 Å². The van der Waals surface area contributed by atoms with Crippen molar-refractivity contribution < 1.29 is 9.53 Å². The predicted molar refractivity (Wildman–Crippen MR) is 111 cm³/mol. The molecule has 2 aromatic rings. The van der Waals surface area contributed by atoms with Crippen molar-refractivity contribution in [3.05, 3.63) is 47.8 Å². The van der Waals surface area contributed by atoms with E-state index in [0.29, 0.717) is 11.8 Å². The van der Waals surface area contributed by atoms with Gasteiger partial charge in [-0.2, -0.15) is 0 Å². The Morgan fingerprint density at radius 3 is 2.57 bits per heavy atom. The Balaban J connectivity index is 1.45. The van der Waals surface area contributed by atoms with Gasteiger partial charge >= 0.3 is 0 Å². The first-order chi connectivity index (χ1) is 13.6. The molecule has 1 saturated carbocycles. The number of likely N-dealkylation sites (tertiary alicyclic amines) is 1. The number of nitrogens with zero attached hydrogens (tertiary/aromatic N) is 2. The number of hydrogen-bond donors (Lipinski definition) is 1. The quantitative estimate of drug-likeness (QED) is 0.822. The number of amides is 1. The smallest absolute Gasteiger partial charge is 0.225 e. The van der Waals surface area contributed by atoms with Crippen molar-refractivity contribution >= 4 is 17.3 Å². The number of aromatic nitrogens is 1. The zero-order chi connectivity index (χ0) is 19.5. The molecule has 1 aliphatic heterocycles. The number of aryl methyl sites for hydroxylation is 1. The van der Waals surface area contributed by atoms with E-state index >= 15 is 0 Å². The molecule has 1 saturated heterocycles. The number of pyridine rings is 1. The number of benzene rings is 1. The zero-order valence-corrected chi connectivity index (χ0v) is 16.8. The van der Waals surface area contributed by atoms with Crippen LogP contribution in [-0.2, 0) is 4.79 Å². The minimum absolute atomic E-state index is 0.261. The summed E-state index contributed by atoms with van der Waals surface area (Å²) < 4.78 is 5.22. The van der Waals surface area contributed by atoms with Gasteiger partial charge in [0.15, 0.2) is 0 Å². The molecule has 1 aromatic heterocycles. The lowest BCUT2D eigenvalue weighted by Gasteiger charge is -2.20. The highest BCUT2D eigenvalue weighted by Gasteiger charge is 2.33. The summed E-state index contributed by atoms with van der Waals surface area (Å²) >= 11 is 0. The van der Waals surface area contributed by atoms with Crippen LogP contribution in [0.15, 0.2) is 36.4 Å². The molecular weight excluding hydrogens is 350 g/mol. The summed E-state index contributed by atoms with van der Waals surface area (Å²) in [7, 11) is 1.67. The number of nitrogens with one attached hydrogen (secondary N) is 1. The minimum Gasteiger partial charge on any atom is -0.497 e. The molecule has 1 N–H and O–H groups in total. The fourth-order valence-corrected chi connectivity index (χ4v) is 4.45. The molecule has 1 aromatic carbocycles. The van der Waals surface area contributed by atoms with Gasteiger partial charge in [-0.1, -0.05) is 12.8 Å². The van der Waals surface area contributed by atoms with Crippen molar-refractivity contribution in [1.82, 2.24) is 9.88 Å². The summed E-state index contributed by atoms with van der Waals surface area (Å²) in [6.45, 7) is 3.68. The Bertz CT molecular complexity index is 828. The van der Waals surface area contributed by atoms with Crippen molar-refractivity contribution in [2.24, 2.45) is 5.92 Å². The van der Waals surface area contributed by atoms with E-state index in [0.717, 1.165) is 60.9 Å². The third kappa shape index (κ3) is 4.13. The van der Waals surface area contributed by atoms with Crippen LogP contribution in [-0.4, -0.2) is 36.0 Å². The van der Waals surface area contributed by atoms with E-state index < -0.39 is 0 Å². The SMILES string of the molecule is COc1ccc(Nc2cc(C)nc(C3CCN(C(=O)C4CCCC4)C3)c2)cc1. The molecule has 4 rings (SSSR count). The standard InChI is InChI=1S/C23H29N3O2/c1-16-13-20(25-19-7-9-21(28-2)10-8-19)14-22(24-16)18-11-12-26(15-18)23(27)17-5-3-4-6-17/h7-10,13-14,17-18H,3-6,11-12,15H2,1-2H3,(H,24,25). The van der Waals surface area contributed by atoms with Crippen molar-refractivity contribution in [2.75, 3.05) is 25.5 Å². The second-order valence-electron chi connectivity index (χ2n) is 8.03. The van der Waals surface area contributed by atoms with Crippen LogP contribution in [0.3, 0.4) is 0 Å². The lowest BCUT2D eigenvalue weighted by Crippen LogP contribution is -2.33. The first-order valence-electron chi connectivity index (χ1n) is 10.3. The highest BCUT2D eigenvalue weighted by molar-refractivity contribution is 5.79. The van der Waals surface area contributed by atoms with Gasteiger partial charge in [-0.15, -0.1) is 0 Å². The zero-order valence-electron chi connectivity index (χ0n) is 16.8. The Morgan fingerprint density at radius 1 is 1.11 bits per heavy atom. The summed E-state index contributed by atoms with van der Waals surface area (Å²) in [4.78, 5) is 19.6. The number of carbonyl (C=O) groups is 1. The fourth-order valence-electron chi connectivity index (χ4n) is 4.45. The first kappa shape index (κ1) is 18.8. The van der Waals surface area contributed by atoms with Gasteiger partial charge in [-0.05, 0) is 62.6 Å². The number of carbonyl (C=O) groups excluding carboxylic acids is 1. The number of ether oxygens (including phenoxy) is 1. The van der Waals surface area contributed by atoms with Gasteiger partial charge in [0.25, 0.3) is 0 Å². The maximum absolute atomic E-state index is 12.7. The number of rotatable bonds is 5. The second-order valence-corrected chi connectivity index (χ2v) is 8.03. The Morgan fingerprint density at radius 2 is 1.86 bits per heavy atom. The molecule has 28 heavy (non-hydrogen) atoms. The number of anilines is 2. The molecule has 148 valence electrons. The Labute approximate surface area is 167 Å². The maximum atomic E-state index is 12.7. The second kappa shape index (κ2) is 8.21. The van der Waals surface area contributed by atoms with Crippen LogP contribution in [0.5, 0.6) is 5.75 Å². The molecule has 2 aliphatic rings. The molecule has 0 radical (unpaired) electrons.